The number of alkyl halides is 1. The van der Waals surface area contributed by atoms with E-state index in [0.717, 1.165) is 5.56 Å². The maximum Gasteiger partial charge on any atom is 0.115 e. The van der Waals surface area contributed by atoms with Gasteiger partial charge in [0.25, 0.3) is 0 Å². The Morgan fingerprint density at radius 3 is 3.00 bits per heavy atom. The first-order chi connectivity index (χ1) is 7.10. The van der Waals surface area contributed by atoms with Gasteiger partial charge in [-0.25, -0.2) is 4.39 Å². The van der Waals surface area contributed by atoms with Gasteiger partial charge in [0.2, 0.25) is 0 Å². The standard InChI is InChI=1S/C12H16FNO/c1-12(8-10(13)5-6-14-12)9-3-2-4-11(15)7-9/h2-4,7,10,14-15H,5-6,8H2,1H3. The maximum atomic E-state index is 13.4. The second-order valence-electron chi connectivity index (χ2n) is 4.40. The number of aromatic hydroxyl groups is 1. The average molecular weight is 209 g/mol. The molecule has 2 nitrogen and oxygen atoms in total. The molecule has 2 unspecified atom stereocenters. The lowest BCUT2D eigenvalue weighted by Crippen LogP contribution is -2.46. The van der Waals surface area contributed by atoms with Gasteiger partial charge in [0.1, 0.15) is 11.9 Å². The van der Waals surface area contributed by atoms with Crippen LogP contribution in [0.1, 0.15) is 25.3 Å². The molecule has 2 N–H and O–H groups in total. The lowest BCUT2D eigenvalue weighted by molar-refractivity contribution is 0.165. The van der Waals surface area contributed by atoms with Crippen LogP contribution >= 0.6 is 0 Å². The number of nitrogens with one attached hydrogen (secondary N) is 1. The number of phenolic OH excluding ortho intramolecular Hbond substituents is 1. The van der Waals surface area contributed by atoms with Crippen LogP contribution in [0.2, 0.25) is 0 Å². The molecule has 1 aromatic rings. The van der Waals surface area contributed by atoms with E-state index in [9.17, 15) is 9.50 Å². The summed E-state index contributed by atoms with van der Waals surface area (Å²) in [6, 6.07) is 7.04. The van der Waals surface area contributed by atoms with Crippen molar-refractivity contribution in [3.05, 3.63) is 29.8 Å². The molecule has 82 valence electrons. The van der Waals surface area contributed by atoms with Crippen LogP contribution in [-0.2, 0) is 5.54 Å². The van der Waals surface area contributed by atoms with Crippen molar-refractivity contribution >= 4 is 0 Å². The topological polar surface area (TPSA) is 32.3 Å². The molecule has 0 aliphatic carbocycles. The largest absolute Gasteiger partial charge is 0.508 e. The maximum absolute atomic E-state index is 13.4. The quantitative estimate of drug-likeness (QED) is 0.744. The van der Waals surface area contributed by atoms with E-state index in [2.05, 4.69) is 5.32 Å². The third-order valence-corrected chi connectivity index (χ3v) is 3.09. The Bertz CT molecular complexity index is 355. The van der Waals surface area contributed by atoms with Crippen molar-refractivity contribution in [2.75, 3.05) is 6.54 Å². The summed E-state index contributed by atoms with van der Waals surface area (Å²) in [5.74, 6) is 0.233. The Morgan fingerprint density at radius 2 is 2.33 bits per heavy atom. The van der Waals surface area contributed by atoms with Crippen molar-refractivity contribution in [3.63, 3.8) is 0 Å². The highest BCUT2D eigenvalue weighted by molar-refractivity contribution is 5.32. The van der Waals surface area contributed by atoms with Crippen LogP contribution in [0, 0.1) is 0 Å². The molecule has 0 aromatic heterocycles. The smallest absolute Gasteiger partial charge is 0.115 e. The zero-order valence-corrected chi connectivity index (χ0v) is 8.83. The van der Waals surface area contributed by atoms with Crippen molar-refractivity contribution in [2.24, 2.45) is 0 Å². The van der Waals surface area contributed by atoms with Gasteiger partial charge < -0.3 is 10.4 Å². The fraction of sp³-hybridized carbons (Fsp3) is 0.500. The first-order valence-corrected chi connectivity index (χ1v) is 5.29. The third kappa shape index (κ3) is 2.12. The van der Waals surface area contributed by atoms with Gasteiger partial charge in [-0.1, -0.05) is 12.1 Å². The van der Waals surface area contributed by atoms with Crippen LogP contribution in [0.3, 0.4) is 0 Å². The highest BCUT2D eigenvalue weighted by atomic mass is 19.1. The molecule has 1 aliphatic rings. The SMILES string of the molecule is CC1(c2cccc(O)c2)CC(F)CCN1. The van der Waals surface area contributed by atoms with Gasteiger partial charge in [-0.15, -0.1) is 0 Å². The van der Waals surface area contributed by atoms with E-state index in [1.165, 1.54) is 0 Å². The van der Waals surface area contributed by atoms with Crippen molar-refractivity contribution < 1.29 is 9.50 Å². The Labute approximate surface area is 89.1 Å². The molecule has 0 spiro atoms. The molecule has 15 heavy (non-hydrogen) atoms. The van der Waals surface area contributed by atoms with Crippen LogP contribution in [0.25, 0.3) is 0 Å². The summed E-state index contributed by atoms with van der Waals surface area (Å²) in [5.41, 5.74) is 0.598. The summed E-state index contributed by atoms with van der Waals surface area (Å²) in [7, 11) is 0. The second kappa shape index (κ2) is 3.81. The van der Waals surface area contributed by atoms with Gasteiger partial charge >= 0.3 is 0 Å². The molecule has 0 saturated carbocycles. The summed E-state index contributed by atoms with van der Waals surface area (Å²) < 4.78 is 13.4. The molecule has 1 aliphatic heterocycles. The number of rotatable bonds is 1. The number of hydrogen-bond acceptors (Lipinski definition) is 2. The molecule has 1 fully saturated rings. The van der Waals surface area contributed by atoms with Crippen molar-refractivity contribution in [1.29, 1.82) is 0 Å². The Kier molecular flexibility index (Phi) is 2.65. The summed E-state index contributed by atoms with van der Waals surface area (Å²) in [4.78, 5) is 0. The lowest BCUT2D eigenvalue weighted by Gasteiger charge is -2.37. The molecule has 1 heterocycles. The van der Waals surface area contributed by atoms with E-state index >= 15 is 0 Å². The van der Waals surface area contributed by atoms with E-state index in [-0.39, 0.29) is 11.3 Å². The highest BCUT2D eigenvalue weighted by Crippen LogP contribution is 2.32. The molecular weight excluding hydrogens is 193 g/mol. The van der Waals surface area contributed by atoms with Crippen LogP contribution in [0.15, 0.2) is 24.3 Å². The minimum atomic E-state index is -0.751. The number of benzene rings is 1. The van der Waals surface area contributed by atoms with Crippen molar-refractivity contribution in [1.82, 2.24) is 5.32 Å². The van der Waals surface area contributed by atoms with Gasteiger partial charge in [0, 0.05) is 12.0 Å². The Hall–Kier alpha value is -1.09. The summed E-state index contributed by atoms with van der Waals surface area (Å²) in [6.07, 6.45) is 0.295. The van der Waals surface area contributed by atoms with Gasteiger partial charge in [-0.3, -0.25) is 0 Å². The van der Waals surface area contributed by atoms with Crippen molar-refractivity contribution in [3.8, 4) is 5.75 Å². The minimum Gasteiger partial charge on any atom is -0.508 e. The van der Waals surface area contributed by atoms with Crippen molar-refractivity contribution in [2.45, 2.75) is 31.5 Å². The van der Waals surface area contributed by atoms with Crippen LogP contribution in [-0.4, -0.2) is 17.8 Å². The summed E-state index contributed by atoms with van der Waals surface area (Å²) >= 11 is 0. The monoisotopic (exact) mass is 209 g/mol. The van der Waals surface area contributed by atoms with Crippen LogP contribution in [0.4, 0.5) is 4.39 Å². The predicted octanol–water partition coefficient (Wildman–Crippen LogP) is 2.33. The molecule has 2 rings (SSSR count). The van der Waals surface area contributed by atoms with E-state index in [0.29, 0.717) is 19.4 Å². The zero-order chi connectivity index (χ0) is 10.9. The Morgan fingerprint density at radius 1 is 1.53 bits per heavy atom. The average Bonchev–Trinajstić information content (AvgIpc) is 2.17. The number of piperidine rings is 1. The summed E-state index contributed by atoms with van der Waals surface area (Å²) in [6.45, 7) is 2.67. The fourth-order valence-electron chi connectivity index (χ4n) is 2.19. The molecular formula is C12H16FNO. The fourth-order valence-corrected chi connectivity index (χ4v) is 2.19. The zero-order valence-electron chi connectivity index (χ0n) is 8.83. The molecule has 0 amide bonds. The number of phenols is 1. The van der Waals surface area contributed by atoms with Gasteiger partial charge in [-0.05, 0) is 37.6 Å². The first-order valence-electron chi connectivity index (χ1n) is 5.29. The first kappa shape index (κ1) is 10.4. The molecule has 3 heteroatoms. The third-order valence-electron chi connectivity index (χ3n) is 3.09. The molecule has 0 bridgehead atoms. The normalized spacial score (nSPS) is 31.5. The van der Waals surface area contributed by atoms with E-state index < -0.39 is 6.17 Å². The predicted molar refractivity (Wildman–Crippen MR) is 57.6 cm³/mol. The molecule has 1 aromatic carbocycles. The minimum absolute atomic E-state index is 0.233. The van der Waals surface area contributed by atoms with Crippen LogP contribution in [0.5, 0.6) is 5.75 Å². The molecule has 1 saturated heterocycles. The second-order valence-corrected chi connectivity index (χ2v) is 4.40. The number of halogens is 1. The van der Waals surface area contributed by atoms with E-state index in [1.54, 1.807) is 18.2 Å². The van der Waals surface area contributed by atoms with E-state index in [1.807, 2.05) is 13.0 Å². The number of hydrogen-bond donors (Lipinski definition) is 2. The van der Waals surface area contributed by atoms with Gasteiger partial charge in [-0.2, -0.15) is 0 Å². The summed E-state index contributed by atoms with van der Waals surface area (Å²) in [5, 5.41) is 12.7. The van der Waals surface area contributed by atoms with Gasteiger partial charge in [0.05, 0.1) is 0 Å². The van der Waals surface area contributed by atoms with E-state index in [4.69, 9.17) is 0 Å². The highest BCUT2D eigenvalue weighted by Gasteiger charge is 2.33. The lowest BCUT2D eigenvalue weighted by atomic mass is 9.83. The van der Waals surface area contributed by atoms with Gasteiger partial charge in [0.15, 0.2) is 0 Å². The van der Waals surface area contributed by atoms with Crippen LogP contribution < -0.4 is 5.32 Å². The molecule has 2 atom stereocenters. The molecule has 0 radical (unpaired) electrons. The Balaban J connectivity index is 2.28.